The standard InChI is InChI=1S/C17H26O/c1-11-7-8-15(17(4,5)6)10-14(11)9-12(2)16-13(3)18-16/h7-8,10,12-13,16H,9H2,1-6H3. The molecule has 1 aromatic rings. The molecule has 0 radical (unpaired) electrons. The third-order valence-corrected chi connectivity index (χ3v) is 4.08. The fourth-order valence-electron chi connectivity index (χ4n) is 2.62. The topological polar surface area (TPSA) is 12.5 Å². The molecular formula is C17H26O. The highest BCUT2D eigenvalue weighted by atomic mass is 16.6. The van der Waals surface area contributed by atoms with Gasteiger partial charge in [0.25, 0.3) is 0 Å². The van der Waals surface area contributed by atoms with E-state index >= 15 is 0 Å². The maximum Gasteiger partial charge on any atom is 0.0867 e. The minimum atomic E-state index is 0.231. The quantitative estimate of drug-likeness (QED) is 0.726. The molecule has 3 unspecified atom stereocenters. The first-order chi connectivity index (χ1) is 8.29. The molecule has 1 aliphatic heterocycles. The van der Waals surface area contributed by atoms with Crippen molar-refractivity contribution in [2.75, 3.05) is 0 Å². The number of hydrogen-bond donors (Lipinski definition) is 0. The minimum absolute atomic E-state index is 0.231. The zero-order valence-corrected chi connectivity index (χ0v) is 12.6. The van der Waals surface area contributed by atoms with Gasteiger partial charge in [-0.25, -0.2) is 0 Å². The van der Waals surface area contributed by atoms with Crippen LogP contribution >= 0.6 is 0 Å². The molecule has 100 valence electrons. The number of ether oxygens (including phenoxy) is 1. The minimum Gasteiger partial charge on any atom is -0.370 e. The third kappa shape index (κ3) is 2.95. The molecule has 3 atom stereocenters. The Labute approximate surface area is 112 Å². The molecule has 1 aliphatic rings. The van der Waals surface area contributed by atoms with Crippen LogP contribution in [0.3, 0.4) is 0 Å². The van der Waals surface area contributed by atoms with Crippen LogP contribution in [0.4, 0.5) is 0 Å². The van der Waals surface area contributed by atoms with Crippen molar-refractivity contribution in [2.45, 2.75) is 65.6 Å². The Balaban J connectivity index is 2.16. The molecule has 1 heteroatoms. The predicted octanol–water partition coefficient (Wildman–Crippen LogP) is 4.26. The SMILES string of the molecule is Cc1ccc(C(C)(C)C)cc1CC(C)C1OC1C. The van der Waals surface area contributed by atoms with E-state index in [0.29, 0.717) is 18.1 Å². The number of rotatable bonds is 3. The van der Waals surface area contributed by atoms with Gasteiger partial charge < -0.3 is 4.74 Å². The molecule has 0 bridgehead atoms. The first-order valence-corrected chi connectivity index (χ1v) is 7.04. The molecule has 0 aromatic heterocycles. The summed E-state index contributed by atoms with van der Waals surface area (Å²) in [5.74, 6) is 0.619. The first-order valence-electron chi connectivity index (χ1n) is 7.04. The van der Waals surface area contributed by atoms with E-state index in [0.717, 1.165) is 6.42 Å². The molecule has 0 spiro atoms. The van der Waals surface area contributed by atoms with Crippen molar-refractivity contribution in [3.05, 3.63) is 34.9 Å². The van der Waals surface area contributed by atoms with Crippen molar-refractivity contribution < 1.29 is 4.74 Å². The summed E-state index contributed by atoms with van der Waals surface area (Å²) in [7, 11) is 0. The number of hydrogen-bond acceptors (Lipinski definition) is 1. The summed E-state index contributed by atoms with van der Waals surface area (Å²) in [5, 5.41) is 0. The van der Waals surface area contributed by atoms with Crippen molar-refractivity contribution in [2.24, 2.45) is 5.92 Å². The second-order valence-electron chi connectivity index (χ2n) is 6.88. The molecule has 1 heterocycles. The summed E-state index contributed by atoms with van der Waals surface area (Å²) in [6.45, 7) is 13.5. The summed E-state index contributed by atoms with van der Waals surface area (Å²) in [5.41, 5.74) is 4.55. The molecule has 1 nitrogen and oxygen atoms in total. The van der Waals surface area contributed by atoms with E-state index in [1.807, 2.05) is 0 Å². The van der Waals surface area contributed by atoms with E-state index in [4.69, 9.17) is 4.74 Å². The fourth-order valence-corrected chi connectivity index (χ4v) is 2.62. The van der Waals surface area contributed by atoms with Gasteiger partial charge in [0.2, 0.25) is 0 Å². The highest BCUT2D eigenvalue weighted by Crippen LogP contribution is 2.32. The lowest BCUT2D eigenvalue weighted by Crippen LogP contribution is -2.14. The van der Waals surface area contributed by atoms with Gasteiger partial charge in [0, 0.05) is 0 Å². The fraction of sp³-hybridized carbons (Fsp3) is 0.647. The van der Waals surface area contributed by atoms with Crippen molar-refractivity contribution in [1.82, 2.24) is 0 Å². The molecule has 1 fully saturated rings. The maximum atomic E-state index is 5.59. The molecule has 1 saturated heterocycles. The van der Waals surface area contributed by atoms with Crippen LogP contribution in [0.5, 0.6) is 0 Å². The Kier molecular flexibility index (Phi) is 3.55. The van der Waals surface area contributed by atoms with Crippen LogP contribution in [0.15, 0.2) is 18.2 Å². The van der Waals surface area contributed by atoms with Crippen molar-refractivity contribution in [3.8, 4) is 0 Å². The van der Waals surface area contributed by atoms with Crippen LogP contribution in [-0.2, 0) is 16.6 Å². The average Bonchev–Trinajstić information content (AvgIpc) is 2.97. The average molecular weight is 246 g/mol. The molecule has 0 amide bonds. The van der Waals surface area contributed by atoms with Crippen LogP contribution in [0.2, 0.25) is 0 Å². The van der Waals surface area contributed by atoms with Gasteiger partial charge in [-0.1, -0.05) is 45.9 Å². The van der Waals surface area contributed by atoms with Crippen LogP contribution in [0.1, 0.15) is 51.3 Å². The molecule has 2 rings (SSSR count). The first kappa shape index (κ1) is 13.6. The van der Waals surface area contributed by atoms with Crippen LogP contribution < -0.4 is 0 Å². The molecule has 0 aliphatic carbocycles. The summed E-state index contributed by atoms with van der Waals surface area (Å²) >= 11 is 0. The number of epoxide rings is 1. The Bertz CT molecular complexity index is 428. The lowest BCUT2D eigenvalue weighted by atomic mass is 9.83. The van der Waals surface area contributed by atoms with E-state index < -0.39 is 0 Å². The summed E-state index contributed by atoms with van der Waals surface area (Å²) in [4.78, 5) is 0. The Morgan fingerprint density at radius 3 is 2.39 bits per heavy atom. The summed E-state index contributed by atoms with van der Waals surface area (Å²) in [6.07, 6.45) is 2.07. The zero-order chi connectivity index (χ0) is 13.5. The van der Waals surface area contributed by atoms with Crippen molar-refractivity contribution in [1.29, 1.82) is 0 Å². The highest BCUT2D eigenvalue weighted by molar-refractivity contribution is 5.35. The second kappa shape index (κ2) is 4.70. The van der Waals surface area contributed by atoms with Gasteiger partial charge in [0.15, 0.2) is 0 Å². The monoisotopic (exact) mass is 246 g/mol. The van der Waals surface area contributed by atoms with Gasteiger partial charge in [-0.2, -0.15) is 0 Å². The van der Waals surface area contributed by atoms with E-state index in [9.17, 15) is 0 Å². The van der Waals surface area contributed by atoms with Crippen LogP contribution in [0.25, 0.3) is 0 Å². The molecule has 0 saturated carbocycles. The number of aryl methyl sites for hydroxylation is 1. The van der Waals surface area contributed by atoms with E-state index in [-0.39, 0.29) is 5.41 Å². The van der Waals surface area contributed by atoms with E-state index in [1.54, 1.807) is 0 Å². The molecule has 1 aromatic carbocycles. The second-order valence-corrected chi connectivity index (χ2v) is 6.88. The van der Waals surface area contributed by atoms with E-state index in [1.165, 1.54) is 16.7 Å². The van der Waals surface area contributed by atoms with Gasteiger partial charge in [-0.3, -0.25) is 0 Å². The van der Waals surface area contributed by atoms with Crippen molar-refractivity contribution in [3.63, 3.8) is 0 Å². The maximum absolute atomic E-state index is 5.59. The zero-order valence-electron chi connectivity index (χ0n) is 12.6. The predicted molar refractivity (Wildman–Crippen MR) is 77.1 cm³/mol. The van der Waals surface area contributed by atoms with Gasteiger partial charge in [0.1, 0.15) is 0 Å². The van der Waals surface area contributed by atoms with Gasteiger partial charge in [-0.05, 0) is 48.3 Å². The van der Waals surface area contributed by atoms with Crippen molar-refractivity contribution >= 4 is 0 Å². The van der Waals surface area contributed by atoms with Gasteiger partial charge in [-0.15, -0.1) is 0 Å². The lowest BCUT2D eigenvalue weighted by Gasteiger charge is -2.21. The summed E-state index contributed by atoms with van der Waals surface area (Å²) in [6, 6.07) is 6.92. The third-order valence-electron chi connectivity index (χ3n) is 4.08. The number of benzene rings is 1. The van der Waals surface area contributed by atoms with Crippen LogP contribution in [0, 0.1) is 12.8 Å². The van der Waals surface area contributed by atoms with E-state index in [2.05, 4.69) is 59.7 Å². The smallest absolute Gasteiger partial charge is 0.0867 e. The Morgan fingerprint density at radius 2 is 1.89 bits per heavy atom. The normalized spacial score (nSPS) is 25.0. The van der Waals surface area contributed by atoms with Gasteiger partial charge in [0.05, 0.1) is 12.2 Å². The Morgan fingerprint density at radius 1 is 1.28 bits per heavy atom. The van der Waals surface area contributed by atoms with Gasteiger partial charge >= 0.3 is 0 Å². The molecule has 18 heavy (non-hydrogen) atoms. The Hall–Kier alpha value is -0.820. The largest absolute Gasteiger partial charge is 0.370 e. The van der Waals surface area contributed by atoms with Crippen LogP contribution in [-0.4, -0.2) is 12.2 Å². The summed E-state index contributed by atoms with van der Waals surface area (Å²) < 4.78 is 5.59. The lowest BCUT2D eigenvalue weighted by molar-refractivity contribution is 0.328. The molecular weight excluding hydrogens is 220 g/mol. The highest BCUT2D eigenvalue weighted by Gasteiger charge is 2.38. The molecule has 0 N–H and O–H groups in total.